The molecule has 1 heterocycles. The number of ether oxygens (including phenoxy) is 1. The van der Waals surface area contributed by atoms with E-state index in [2.05, 4.69) is 5.32 Å². The Morgan fingerprint density at radius 1 is 1.47 bits per heavy atom. The molecule has 3 N–H and O–H groups in total. The predicted octanol–water partition coefficient (Wildman–Crippen LogP) is 0.402. The van der Waals surface area contributed by atoms with Gasteiger partial charge >= 0.3 is 0 Å². The first-order valence-corrected chi connectivity index (χ1v) is 5.53. The van der Waals surface area contributed by atoms with E-state index in [9.17, 15) is 10.2 Å². The van der Waals surface area contributed by atoms with Gasteiger partial charge in [-0.3, -0.25) is 0 Å². The Bertz CT molecular complexity index is 194. The first kappa shape index (κ1) is 12.5. The Balaban J connectivity index is 2.35. The second kappa shape index (κ2) is 6.10. The molecule has 88 valence electrons. The molecule has 15 heavy (non-hydrogen) atoms. The van der Waals surface area contributed by atoms with Crippen LogP contribution < -0.4 is 5.32 Å². The average molecular weight is 215 g/mol. The molecule has 0 aromatic rings. The fourth-order valence-corrected chi connectivity index (χ4v) is 1.58. The number of rotatable bonds is 6. The molecule has 0 radical (unpaired) electrons. The van der Waals surface area contributed by atoms with Gasteiger partial charge in [0.15, 0.2) is 0 Å². The molecule has 0 aliphatic carbocycles. The van der Waals surface area contributed by atoms with Crippen LogP contribution in [0.3, 0.4) is 0 Å². The number of hydrogen-bond acceptors (Lipinski definition) is 4. The Labute approximate surface area is 90.9 Å². The zero-order valence-corrected chi connectivity index (χ0v) is 9.28. The highest BCUT2D eigenvalue weighted by molar-refractivity contribution is 4.89. The van der Waals surface area contributed by atoms with E-state index in [1.54, 1.807) is 6.26 Å². The van der Waals surface area contributed by atoms with Gasteiger partial charge in [0.25, 0.3) is 0 Å². The van der Waals surface area contributed by atoms with Gasteiger partial charge in [0, 0.05) is 6.54 Å². The highest BCUT2D eigenvalue weighted by Crippen LogP contribution is 2.12. The van der Waals surface area contributed by atoms with Gasteiger partial charge < -0.3 is 20.3 Å². The van der Waals surface area contributed by atoms with Crippen molar-refractivity contribution in [1.29, 1.82) is 0 Å². The summed E-state index contributed by atoms with van der Waals surface area (Å²) in [5.41, 5.74) is -0.565. The van der Waals surface area contributed by atoms with Gasteiger partial charge in [0.2, 0.25) is 0 Å². The Morgan fingerprint density at radius 2 is 2.20 bits per heavy atom. The van der Waals surface area contributed by atoms with Crippen LogP contribution in [-0.2, 0) is 4.74 Å². The highest BCUT2D eigenvalue weighted by Gasteiger charge is 2.27. The molecule has 1 aliphatic rings. The smallest absolute Gasteiger partial charge is 0.110 e. The largest absolute Gasteiger partial charge is 0.497 e. The third-order valence-corrected chi connectivity index (χ3v) is 3.01. The van der Waals surface area contributed by atoms with Crippen molar-refractivity contribution in [2.24, 2.45) is 0 Å². The number of hydrogen-bond donors (Lipinski definition) is 3. The Hall–Kier alpha value is -0.580. The maximum atomic E-state index is 9.23. The molecule has 0 spiro atoms. The molecular formula is C11H21NO3. The summed E-state index contributed by atoms with van der Waals surface area (Å²) in [6, 6.07) is 0. The normalized spacial score (nSPS) is 21.4. The van der Waals surface area contributed by atoms with Gasteiger partial charge in [-0.2, -0.15) is 0 Å². The average Bonchev–Trinajstić information content (AvgIpc) is 2.33. The lowest BCUT2D eigenvalue weighted by Crippen LogP contribution is -2.53. The SMILES string of the molecule is CCC(CO)(CO)NCC1CCC=CO1. The van der Waals surface area contributed by atoms with Crippen molar-refractivity contribution in [1.82, 2.24) is 5.32 Å². The Kier molecular flexibility index (Phi) is 5.08. The van der Waals surface area contributed by atoms with Crippen molar-refractivity contribution in [2.45, 2.75) is 37.8 Å². The maximum Gasteiger partial charge on any atom is 0.110 e. The van der Waals surface area contributed by atoms with Crippen molar-refractivity contribution in [3.8, 4) is 0 Å². The molecule has 0 amide bonds. The van der Waals surface area contributed by atoms with Crippen LogP contribution in [0.2, 0.25) is 0 Å². The lowest BCUT2D eigenvalue weighted by molar-refractivity contribution is 0.0612. The molecule has 4 nitrogen and oxygen atoms in total. The molecule has 1 rings (SSSR count). The van der Waals surface area contributed by atoms with Crippen molar-refractivity contribution in [2.75, 3.05) is 19.8 Å². The van der Waals surface area contributed by atoms with E-state index in [4.69, 9.17) is 4.74 Å². The van der Waals surface area contributed by atoms with Crippen molar-refractivity contribution < 1.29 is 14.9 Å². The molecule has 0 saturated carbocycles. The summed E-state index contributed by atoms with van der Waals surface area (Å²) in [5, 5.41) is 21.7. The van der Waals surface area contributed by atoms with Gasteiger partial charge in [-0.15, -0.1) is 0 Å². The van der Waals surface area contributed by atoms with Crippen LogP contribution in [0.5, 0.6) is 0 Å². The summed E-state index contributed by atoms with van der Waals surface area (Å²) in [7, 11) is 0. The van der Waals surface area contributed by atoms with Crippen LogP contribution >= 0.6 is 0 Å². The lowest BCUT2D eigenvalue weighted by atomic mass is 9.98. The van der Waals surface area contributed by atoms with Gasteiger partial charge in [-0.05, 0) is 25.3 Å². The second-order valence-corrected chi connectivity index (χ2v) is 4.04. The van der Waals surface area contributed by atoms with E-state index >= 15 is 0 Å². The van der Waals surface area contributed by atoms with E-state index in [0.717, 1.165) is 12.8 Å². The molecule has 1 unspecified atom stereocenters. The fourth-order valence-electron chi connectivity index (χ4n) is 1.58. The van der Waals surface area contributed by atoms with Crippen molar-refractivity contribution in [3.05, 3.63) is 12.3 Å². The standard InChI is InChI=1S/C11H21NO3/c1-2-11(8-13,9-14)12-7-10-5-3-4-6-15-10/h4,6,10,12-14H,2-3,5,7-9H2,1H3. The van der Waals surface area contributed by atoms with E-state index in [1.807, 2.05) is 13.0 Å². The van der Waals surface area contributed by atoms with Crippen LogP contribution in [0, 0.1) is 0 Å². The maximum absolute atomic E-state index is 9.23. The van der Waals surface area contributed by atoms with Gasteiger partial charge in [0.1, 0.15) is 6.10 Å². The summed E-state index contributed by atoms with van der Waals surface area (Å²) < 4.78 is 5.40. The van der Waals surface area contributed by atoms with Crippen LogP contribution in [0.1, 0.15) is 26.2 Å². The van der Waals surface area contributed by atoms with Crippen LogP contribution in [-0.4, -0.2) is 41.6 Å². The third kappa shape index (κ3) is 3.48. The highest BCUT2D eigenvalue weighted by atomic mass is 16.5. The minimum Gasteiger partial charge on any atom is -0.497 e. The van der Waals surface area contributed by atoms with E-state index in [0.29, 0.717) is 13.0 Å². The number of allylic oxidation sites excluding steroid dienone is 1. The number of aliphatic hydroxyl groups excluding tert-OH is 2. The van der Waals surface area contributed by atoms with Crippen LogP contribution in [0.15, 0.2) is 12.3 Å². The minimum absolute atomic E-state index is 0.0530. The van der Waals surface area contributed by atoms with Crippen LogP contribution in [0.25, 0.3) is 0 Å². The van der Waals surface area contributed by atoms with Crippen molar-refractivity contribution >= 4 is 0 Å². The Morgan fingerprint density at radius 3 is 2.67 bits per heavy atom. The zero-order valence-electron chi connectivity index (χ0n) is 9.28. The van der Waals surface area contributed by atoms with E-state index in [-0.39, 0.29) is 19.3 Å². The molecule has 0 aromatic carbocycles. The first-order valence-electron chi connectivity index (χ1n) is 5.53. The molecule has 0 bridgehead atoms. The van der Waals surface area contributed by atoms with E-state index < -0.39 is 5.54 Å². The summed E-state index contributed by atoms with van der Waals surface area (Å²) in [4.78, 5) is 0. The molecule has 1 aliphatic heterocycles. The molecule has 1 atom stereocenters. The van der Waals surface area contributed by atoms with Crippen molar-refractivity contribution in [3.63, 3.8) is 0 Å². The molecule has 0 aromatic heterocycles. The summed E-state index contributed by atoms with van der Waals surface area (Å²) in [5.74, 6) is 0. The summed E-state index contributed by atoms with van der Waals surface area (Å²) in [6.45, 7) is 2.51. The summed E-state index contributed by atoms with van der Waals surface area (Å²) in [6.07, 6.45) is 6.59. The van der Waals surface area contributed by atoms with E-state index in [1.165, 1.54) is 0 Å². The molecule has 0 fully saturated rings. The minimum atomic E-state index is -0.565. The quantitative estimate of drug-likeness (QED) is 0.600. The monoisotopic (exact) mass is 215 g/mol. The topological polar surface area (TPSA) is 61.7 Å². The number of nitrogens with one attached hydrogen (secondary N) is 1. The third-order valence-electron chi connectivity index (χ3n) is 3.01. The molecular weight excluding hydrogens is 194 g/mol. The zero-order chi connectivity index (χ0) is 11.1. The fraction of sp³-hybridized carbons (Fsp3) is 0.818. The number of aliphatic hydroxyl groups is 2. The van der Waals surface area contributed by atoms with Gasteiger partial charge in [0.05, 0.1) is 25.0 Å². The summed E-state index contributed by atoms with van der Waals surface area (Å²) >= 11 is 0. The first-order chi connectivity index (χ1) is 7.26. The van der Waals surface area contributed by atoms with Gasteiger partial charge in [-0.25, -0.2) is 0 Å². The molecule has 4 heteroatoms. The molecule has 0 saturated heterocycles. The van der Waals surface area contributed by atoms with Crippen LogP contribution in [0.4, 0.5) is 0 Å². The lowest BCUT2D eigenvalue weighted by Gasteiger charge is -2.32. The van der Waals surface area contributed by atoms with Gasteiger partial charge in [-0.1, -0.05) is 6.92 Å². The predicted molar refractivity (Wildman–Crippen MR) is 58.4 cm³/mol. The second-order valence-electron chi connectivity index (χ2n) is 4.04.